The molecule has 0 spiro atoms. The maximum atomic E-state index is 13.1. The first-order valence-corrected chi connectivity index (χ1v) is 6.63. The predicted molar refractivity (Wildman–Crippen MR) is 70.4 cm³/mol. The van der Waals surface area contributed by atoms with Gasteiger partial charge in [0.2, 0.25) is 0 Å². The van der Waals surface area contributed by atoms with Crippen molar-refractivity contribution >= 4 is 11.8 Å². The van der Waals surface area contributed by atoms with Gasteiger partial charge in [-0.05, 0) is 42.0 Å². The minimum atomic E-state index is -0.641. The molecule has 0 saturated carbocycles. The Morgan fingerprint density at radius 2 is 1.47 bits per heavy atom. The van der Waals surface area contributed by atoms with E-state index in [1.807, 2.05) is 0 Å². The van der Waals surface area contributed by atoms with Crippen molar-refractivity contribution in [1.82, 2.24) is 0 Å². The second kappa shape index (κ2) is 6.12. The Morgan fingerprint density at radius 1 is 0.895 bits per heavy atom. The zero-order valence-electron chi connectivity index (χ0n) is 9.95. The standard InChI is InChI=1S/C14H12F3NS/c15-10-1-3-13(4-2-10)19-8-14(18)9-5-11(16)7-12(17)6-9/h1-7,14H,8,18H2. The zero-order valence-corrected chi connectivity index (χ0v) is 10.8. The summed E-state index contributed by atoms with van der Waals surface area (Å²) in [5.41, 5.74) is 6.29. The van der Waals surface area contributed by atoms with Crippen molar-refractivity contribution in [2.75, 3.05) is 5.75 Å². The lowest BCUT2D eigenvalue weighted by atomic mass is 10.1. The molecule has 1 atom stereocenters. The van der Waals surface area contributed by atoms with Crippen molar-refractivity contribution in [3.8, 4) is 0 Å². The summed E-state index contributed by atoms with van der Waals surface area (Å²) in [6.45, 7) is 0. The third-order valence-electron chi connectivity index (χ3n) is 2.56. The van der Waals surface area contributed by atoms with Gasteiger partial charge in [0.15, 0.2) is 0 Å². The highest BCUT2D eigenvalue weighted by Gasteiger charge is 2.10. The van der Waals surface area contributed by atoms with Crippen molar-refractivity contribution in [2.45, 2.75) is 10.9 Å². The quantitative estimate of drug-likeness (QED) is 0.861. The average molecular weight is 283 g/mol. The van der Waals surface area contributed by atoms with Crippen LogP contribution in [0.1, 0.15) is 11.6 Å². The first kappa shape index (κ1) is 14.0. The lowest BCUT2D eigenvalue weighted by molar-refractivity contribution is 0.576. The number of hydrogen-bond acceptors (Lipinski definition) is 2. The van der Waals surface area contributed by atoms with Crippen LogP contribution in [0.2, 0.25) is 0 Å². The molecule has 19 heavy (non-hydrogen) atoms. The number of thioether (sulfide) groups is 1. The SMILES string of the molecule is NC(CSc1ccc(F)cc1)c1cc(F)cc(F)c1. The molecule has 2 aromatic carbocycles. The van der Waals surface area contributed by atoms with Gasteiger partial charge >= 0.3 is 0 Å². The Bertz CT molecular complexity index is 537. The molecule has 0 aromatic heterocycles. The summed E-state index contributed by atoms with van der Waals surface area (Å²) in [6, 6.07) is 8.75. The fourth-order valence-electron chi connectivity index (χ4n) is 1.60. The summed E-state index contributed by atoms with van der Waals surface area (Å²) in [4.78, 5) is 0.855. The second-order valence-electron chi connectivity index (χ2n) is 4.07. The lowest BCUT2D eigenvalue weighted by Gasteiger charge is -2.12. The molecule has 0 heterocycles. The molecule has 2 rings (SSSR count). The Balaban J connectivity index is 2.00. The van der Waals surface area contributed by atoms with Gasteiger partial charge in [-0.3, -0.25) is 0 Å². The number of hydrogen-bond donors (Lipinski definition) is 1. The average Bonchev–Trinajstić information content (AvgIpc) is 2.36. The minimum Gasteiger partial charge on any atom is -0.323 e. The van der Waals surface area contributed by atoms with Crippen LogP contribution in [0, 0.1) is 17.5 Å². The highest BCUT2D eigenvalue weighted by molar-refractivity contribution is 7.99. The van der Waals surface area contributed by atoms with E-state index in [9.17, 15) is 13.2 Å². The number of nitrogens with two attached hydrogens (primary N) is 1. The van der Waals surface area contributed by atoms with Crippen molar-refractivity contribution in [2.24, 2.45) is 5.73 Å². The van der Waals surface area contributed by atoms with Gasteiger partial charge in [0, 0.05) is 22.8 Å². The monoisotopic (exact) mass is 283 g/mol. The number of rotatable bonds is 4. The molecule has 1 nitrogen and oxygen atoms in total. The molecular weight excluding hydrogens is 271 g/mol. The van der Waals surface area contributed by atoms with E-state index in [0.29, 0.717) is 11.3 Å². The van der Waals surface area contributed by atoms with Gasteiger partial charge in [0.1, 0.15) is 17.5 Å². The zero-order chi connectivity index (χ0) is 13.8. The summed E-state index contributed by atoms with van der Waals surface area (Å²) < 4.78 is 38.8. The van der Waals surface area contributed by atoms with Gasteiger partial charge in [-0.25, -0.2) is 13.2 Å². The van der Waals surface area contributed by atoms with E-state index in [2.05, 4.69) is 0 Å². The maximum Gasteiger partial charge on any atom is 0.126 e. The molecule has 0 aliphatic rings. The van der Waals surface area contributed by atoms with E-state index in [4.69, 9.17) is 5.73 Å². The summed E-state index contributed by atoms with van der Waals surface area (Å²) in [5, 5.41) is 0. The Morgan fingerprint density at radius 3 is 2.05 bits per heavy atom. The maximum absolute atomic E-state index is 13.1. The highest BCUT2D eigenvalue weighted by Crippen LogP contribution is 2.24. The molecular formula is C14H12F3NS. The molecule has 5 heteroatoms. The molecule has 0 saturated heterocycles. The molecule has 1 unspecified atom stereocenters. The largest absolute Gasteiger partial charge is 0.323 e. The van der Waals surface area contributed by atoms with E-state index < -0.39 is 17.7 Å². The molecule has 0 radical (unpaired) electrons. The highest BCUT2D eigenvalue weighted by atomic mass is 32.2. The fraction of sp³-hybridized carbons (Fsp3) is 0.143. The lowest BCUT2D eigenvalue weighted by Crippen LogP contribution is -2.13. The van der Waals surface area contributed by atoms with Crippen LogP contribution in [0.15, 0.2) is 47.4 Å². The van der Waals surface area contributed by atoms with Gasteiger partial charge in [0.25, 0.3) is 0 Å². The molecule has 2 aromatic rings. The van der Waals surface area contributed by atoms with E-state index in [1.165, 1.54) is 36.0 Å². The first-order chi connectivity index (χ1) is 9.04. The van der Waals surface area contributed by atoms with Crippen LogP contribution in [0.5, 0.6) is 0 Å². The Hall–Kier alpha value is -1.46. The Kier molecular flexibility index (Phi) is 4.50. The van der Waals surface area contributed by atoms with Crippen LogP contribution in [-0.2, 0) is 0 Å². The summed E-state index contributed by atoms with van der Waals surface area (Å²) in [5.74, 6) is -1.13. The second-order valence-corrected chi connectivity index (χ2v) is 5.17. The van der Waals surface area contributed by atoms with Crippen molar-refractivity contribution in [3.05, 3.63) is 65.5 Å². The van der Waals surface area contributed by atoms with Crippen molar-refractivity contribution in [1.29, 1.82) is 0 Å². The number of halogens is 3. The first-order valence-electron chi connectivity index (χ1n) is 5.64. The molecule has 0 aliphatic heterocycles. The normalized spacial score (nSPS) is 12.4. The Labute approximate surface area is 113 Å². The predicted octanol–water partition coefficient (Wildman–Crippen LogP) is 3.90. The van der Waals surface area contributed by atoms with Crippen molar-refractivity contribution < 1.29 is 13.2 Å². The van der Waals surface area contributed by atoms with Gasteiger partial charge in [-0.2, -0.15) is 0 Å². The molecule has 0 fully saturated rings. The van der Waals surface area contributed by atoms with Gasteiger partial charge in [-0.15, -0.1) is 11.8 Å². The summed E-state index contributed by atoms with van der Waals surface area (Å²) in [7, 11) is 0. The summed E-state index contributed by atoms with van der Waals surface area (Å²) >= 11 is 1.41. The molecule has 0 amide bonds. The van der Waals surface area contributed by atoms with Gasteiger partial charge in [0.05, 0.1) is 0 Å². The van der Waals surface area contributed by atoms with Crippen LogP contribution in [0.25, 0.3) is 0 Å². The van der Waals surface area contributed by atoms with Crippen LogP contribution >= 0.6 is 11.8 Å². The third kappa shape index (κ3) is 4.01. The minimum absolute atomic E-state index is 0.305. The fourth-order valence-corrected chi connectivity index (χ4v) is 2.50. The number of benzene rings is 2. The van der Waals surface area contributed by atoms with Crippen LogP contribution in [-0.4, -0.2) is 5.75 Å². The van der Waals surface area contributed by atoms with E-state index >= 15 is 0 Å². The van der Waals surface area contributed by atoms with Crippen molar-refractivity contribution in [3.63, 3.8) is 0 Å². The van der Waals surface area contributed by atoms with E-state index in [1.54, 1.807) is 12.1 Å². The molecule has 0 bridgehead atoms. The molecule has 100 valence electrons. The topological polar surface area (TPSA) is 26.0 Å². The third-order valence-corrected chi connectivity index (χ3v) is 3.69. The summed E-state index contributed by atoms with van der Waals surface area (Å²) in [6.07, 6.45) is 0. The van der Waals surface area contributed by atoms with E-state index in [-0.39, 0.29) is 5.82 Å². The van der Waals surface area contributed by atoms with Crippen LogP contribution in [0.4, 0.5) is 13.2 Å². The van der Waals surface area contributed by atoms with Gasteiger partial charge in [-0.1, -0.05) is 0 Å². The smallest absolute Gasteiger partial charge is 0.126 e. The molecule has 0 aliphatic carbocycles. The van der Waals surface area contributed by atoms with Crippen LogP contribution < -0.4 is 5.73 Å². The van der Waals surface area contributed by atoms with Crippen LogP contribution in [0.3, 0.4) is 0 Å². The van der Waals surface area contributed by atoms with Gasteiger partial charge < -0.3 is 5.73 Å². The van der Waals surface area contributed by atoms with E-state index in [0.717, 1.165) is 11.0 Å². The molecule has 2 N–H and O–H groups in total.